The Morgan fingerprint density at radius 1 is 0.960 bits per heavy atom. The first-order chi connectivity index (χ1) is 12.3. The van der Waals surface area contributed by atoms with Gasteiger partial charge in [-0.05, 0) is 37.8 Å². The summed E-state index contributed by atoms with van der Waals surface area (Å²) in [5.41, 5.74) is 1.83. The first kappa shape index (κ1) is 16.3. The Labute approximate surface area is 148 Å². The van der Waals surface area contributed by atoms with Crippen LogP contribution in [-0.4, -0.2) is 50.2 Å². The van der Waals surface area contributed by atoms with Crippen LogP contribution in [-0.2, 0) is 4.74 Å². The molecule has 132 valence electrons. The summed E-state index contributed by atoms with van der Waals surface area (Å²) in [4.78, 5) is 21.0. The van der Waals surface area contributed by atoms with Gasteiger partial charge in [0.05, 0.1) is 31.9 Å². The summed E-state index contributed by atoms with van der Waals surface area (Å²) < 4.78 is 5.40. The van der Waals surface area contributed by atoms with Crippen LogP contribution in [0, 0.1) is 0 Å². The summed E-state index contributed by atoms with van der Waals surface area (Å²) in [6.45, 7) is 4.71. The van der Waals surface area contributed by atoms with Crippen molar-refractivity contribution >= 4 is 22.6 Å². The van der Waals surface area contributed by atoms with E-state index in [1.165, 1.54) is 25.7 Å². The van der Waals surface area contributed by atoms with Crippen LogP contribution in [0.5, 0.6) is 0 Å². The molecule has 0 bridgehead atoms. The van der Waals surface area contributed by atoms with Gasteiger partial charge in [-0.3, -0.25) is 9.69 Å². The lowest BCUT2D eigenvalue weighted by Gasteiger charge is -2.27. The molecule has 0 radical (unpaired) electrons. The SMILES string of the molecule is O=C(c1cc(N2CCCCCC2)[nH+]c2ccccc12)N1CCOCC1. The number of anilines is 1. The number of aromatic amines is 1. The molecule has 5 nitrogen and oxygen atoms in total. The van der Waals surface area contributed by atoms with Crippen LogP contribution in [0.3, 0.4) is 0 Å². The second-order valence-electron chi connectivity index (χ2n) is 6.92. The lowest BCUT2D eigenvalue weighted by Crippen LogP contribution is -2.41. The molecular formula is C20H26N3O2+. The second kappa shape index (κ2) is 7.40. The van der Waals surface area contributed by atoms with Crippen LogP contribution in [0.25, 0.3) is 10.9 Å². The molecule has 2 saturated heterocycles. The maximum Gasteiger partial charge on any atom is 0.275 e. The molecule has 5 heteroatoms. The Morgan fingerprint density at radius 2 is 1.68 bits per heavy atom. The van der Waals surface area contributed by atoms with Crippen LogP contribution < -0.4 is 9.88 Å². The number of para-hydroxylation sites is 1. The van der Waals surface area contributed by atoms with Gasteiger partial charge in [0.25, 0.3) is 11.7 Å². The number of benzene rings is 1. The average Bonchev–Trinajstić information content (AvgIpc) is 2.97. The number of aromatic nitrogens is 1. The van der Waals surface area contributed by atoms with E-state index in [0.717, 1.165) is 35.4 Å². The maximum absolute atomic E-state index is 13.2. The molecule has 2 aromatic rings. The first-order valence-electron chi connectivity index (χ1n) is 9.40. The molecule has 1 aromatic heterocycles. The van der Waals surface area contributed by atoms with E-state index in [0.29, 0.717) is 26.3 Å². The molecule has 0 spiro atoms. The fourth-order valence-electron chi connectivity index (χ4n) is 3.81. The predicted molar refractivity (Wildman–Crippen MR) is 97.9 cm³/mol. The van der Waals surface area contributed by atoms with Crippen molar-refractivity contribution in [2.75, 3.05) is 44.3 Å². The van der Waals surface area contributed by atoms with Gasteiger partial charge in [0, 0.05) is 24.5 Å². The van der Waals surface area contributed by atoms with E-state index < -0.39 is 0 Å². The number of H-pyrrole nitrogens is 1. The number of ether oxygens (including phenoxy) is 1. The second-order valence-corrected chi connectivity index (χ2v) is 6.92. The monoisotopic (exact) mass is 340 g/mol. The van der Waals surface area contributed by atoms with Gasteiger partial charge in [-0.25, -0.2) is 4.98 Å². The van der Waals surface area contributed by atoms with Crippen LogP contribution in [0.2, 0.25) is 0 Å². The number of hydrogen-bond acceptors (Lipinski definition) is 3. The predicted octanol–water partition coefficient (Wildman–Crippen LogP) is 2.51. The Kier molecular flexibility index (Phi) is 4.83. The molecule has 2 fully saturated rings. The van der Waals surface area contributed by atoms with Crippen molar-refractivity contribution < 1.29 is 14.5 Å². The lowest BCUT2D eigenvalue weighted by molar-refractivity contribution is -0.330. The van der Waals surface area contributed by atoms with Gasteiger partial charge in [-0.2, -0.15) is 0 Å². The van der Waals surface area contributed by atoms with Gasteiger partial charge in [0.15, 0.2) is 0 Å². The number of carbonyl (C=O) groups is 1. The molecular weight excluding hydrogens is 314 g/mol. The van der Waals surface area contributed by atoms with Crippen molar-refractivity contribution in [1.29, 1.82) is 0 Å². The maximum atomic E-state index is 13.2. The number of carbonyl (C=O) groups excluding carboxylic acids is 1. The minimum absolute atomic E-state index is 0.115. The summed E-state index contributed by atoms with van der Waals surface area (Å²) in [6, 6.07) is 10.2. The third-order valence-corrected chi connectivity index (χ3v) is 5.24. The summed E-state index contributed by atoms with van der Waals surface area (Å²) in [6.07, 6.45) is 5.02. The molecule has 1 N–H and O–H groups in total. The van der Waals surface area contributed by atoms with Crippen molar-refractivity contribution in [2.45, 2.75) is 25.7 Å². The molecule has 25 heavy (non-hydrogen) atoms. The molecule has 3 heterocycles. The van der Waals surface area contributed by atoms with Crippen molar-refractivity contribution in [2.24, 2.45) is 0 Å². The minimum atomic E-state index is 0.115. The molecule has 2 aliphatic rings. The van der Waals surface area contributed by atoms with E-state index in [1.807, 2.05) is 23.1 Å². The zero-order valence-electron chi connectivity index (χ0n) is 14.7. The molecule has 1 aromatic carbocycles. The normalized spacial score (nSPS) is 19.0. The van der Waals surface area contributed by atoms with Crippen LogP contribution in [0.4, 0.5) is 5.82 Å². The highest BCUT2D eigenvalue weighted by atomic mass is 16.5. The van der Waals surface area contributed by atoms with Gasteiger partial charge < -0.3 is 9.64 Å². The summed E-state index contributed by atoms with van der Waals surface area (Å²) in [5.74, 6) is 1.18. The van der Waals surface area contributed by atoms with E-state index in [2.05, 4.69) is 22.0 Å². The van der Waals surface area contributed by atoms with Crippen molar-refractivity contribution in [3.8, 4) is 0 Å². The minimum Gasteiger partial charge on any atom is -0.378 e. The number of pyridine rings is 1. The Bertz CT molecular complexity index is 748. The lowest BCUT2D eigenvalue weighted by atomic mass is 10.1. The van der Waals surface area contributed by atoms with E-state index in [4.69, 9.17) is 4.74 Å². The molecule has 0 atom stereocenters. The topological polar surface area (TPSA) is 46.9 Å². The smallest absolute Gasteiger partial charge is 0.275 e. The fraction of sp³-hybridized carbons (Fsp3) is 0.500. The van der Waals surface area contributed by atoms with Crippen molar-refractivity contribution in [3.63, 3.8) is 0 Å². The van der Waals surface area contributed by atoms with E-state index in [9.17, 15) is 4.79 Å². The first-order valence-corrected chi connectivity index (χ1v) is 9.40. The quantitative estimate of drug-likeness (QED) is 0.844. The molecule has 0 unspecified atom stereocenters. The molecule has 1 amide bonds. The van der Waals surface area contributed by atoms with Crippen LogP contribution >= 0.6 is 0 Å². The van der Waals surface area contributed by atoms with Gasteiger partial charge in [-0.15, -0.1) is 0 Å². The number of amides is 1. The third-order valence-electron chi connectivity index (χ3n) is 5.24. The zero-order chi connectivity index (χ0) is 17.1. The highest BCUT2D eigenvalue weighted by Crippen LogP contribution is 2.23. The molecule has 2 aliphatic heterocycles. The van der Waals surface area contributed by atoms with Crippen molar-refractivity contribution in [1.82, 2.24) is 4.90 Å². The third kappa shape index (κ3) is 3.47. The largest absolute Gasteiger partial charge is 0.378 e. The number of hydrogen-bond donors (Lipinski definition) is 0. The summed E-state index contributed by atoms with van der Waals surface area (Å²) in [7, 11) is 0. The summed E-state index contributed by atoms with van der Waals surface area (Å²) in [5, 5.41) is 0.998. The number of nitrogens with zero attached hydrogens (tertiary/aromatic N) is 2. The van der Waals surface area contributed by atoms with Gasteiger partial charge in [-0.1, -0.05) is 12.1 Å². The number of nitrogens with one attached hydrogen (secondary N) is 1. The molecule has 0 saturated carbocycles. The van der Waals surface area contributed by atoms with E-state index >= 15 is 0 Å². The zero-order valence-corrected chi connectivity index (χ0v) is 14.7. The number of fused-ring (bicyclic) bond motifs is 1. The molecule has 0 aliphatic carbocycles. The number of rotatable bonds is 2. The van der Waals surface area contributed by atoms with E-state index in [-0.39, 0.29) is 5.91 Å². The highest BCUT2D eigenvalue weighted by Gasteiger charge is 2.25. The Balaban J connectivity index is 1.74. The van der Waals surface area contributed by atoms with E-state index in [1.54, 1.807) is 0 Å². The average molecular weight is 340 g/mol. The molecule has 4 rings (SSSR count). The standard InChI is InChI=1S/C20H25N3O2/c24-20(23-11-13-25-14-12-23)17-15-19(22-9-5-1-2-6-10-22)21-18-8-4-3-7-16(17)18/h3-4,7-8,15H,1-2,5-6,9-14H2/p+1. The summed E-state index contributed by atoms with van der Waals surface area (Å²) >= 11 is 0. The van der Waals surface area contributed by atoms with Crippen LogP contribution in [0.15, 0.2) is 30.3 Å². The highest BCUT2D eigenvalue weighted by molar-refractivity contribution is 6.06. The number of morpholine rings is 1. The van der Waals surface area contributed by atoms with Gasteiger partial charge >= 0.3 is 0 Å². The van der Waals surface area contributed by atoms with Gasteiger partial charge in [0.2, 0.25) is 0 Å². The Hall–Kier alpha value is -2.14. The Morgan fingerprint density at radius 3 is 2.44 bits per heavy atom. The van der Waals surface area contributed by atoms with Crippen molar-refractivity contribution in [3.05, 3.63) is 35.9 Å². The van der Waals surface area contributed by atoms with Crippen LogP contribution in [0.1, 0.15) is 36.0 Å². The fourth-order valence-corrected chi connectivity index (χ4v) is 3.81. The van der Waals surface area contributed by atoms with Gasteiger partial charge in [0.1, 0.15) is 5.52 Å².